The second kappa shape index (κ2) is 5.23. The molecule has 0 radical (unpaired) electrons. The molecule has 0 aliphatic rings. The Balaban J connectivity index is 4.56. The highest BCUT2D eigenvalue weighted by atomic mass is 79.9. The van der Waals surface area contributed by atoms with Gasteiger partial charge in [-0.15, -0.1) is 0 Å². The summed E-state index contributed by atoms with van der Waals surface area (Å²) in [4.78, 5) is 15.9. The zero-order chi connectivity index (χ0) is 9.72. The largest absolute Gasteiger partial charge is 0.404 e. The molecule has 4 nitrogen and oxygen atoms in total. The molecule has 0 aromatic rings. The van der Waals surface area contributed by atoms with E-state index in [2.05, 4.69) is 20.8 Å². The molecule has 0 atom stereocenters. The van der Waals surface area contributed by atoms with Gasteiger partial charge in [0.15, 0.2) is 0 Å². The topological polar surface area (TPSA) is 55.6 Å². The van der Waals surface area contributed by atoms with E-state index in [1.54, 1.807) is 0 Å². The molecule has 0 heterocycles. The number of hydroxylamine groups is 2. The summed E-state index contributed by atoms with van der Waals surface area (Å²) in [5.41, 5.74) is 5.39. The molecule has 1 amide bonds. The molecule has 68 valence electrons. The molecule has 0 rings (SSSR count). The average molecular weight is 253 g/mol. The van der Waals surface area contributed by atoms with Gasteiger partial charge in [0, 0.05) is 13.2 Å². The van der Waals surface area contributed by atoms with Crippen molar-refractivity contribution in [3.63, 3.8) is 0 Å². The molecule has 0 aromatic heterocycles. The third kappa shape index (κ3) is 2.88. The number of hydrogen-bond donors (Lipinski definition) is 1. The van der Waals surface area contributed by atoms with Crippen LogP contribution in [0.3, 0.4) is 0 Å². The molecule has 6 heteroatoms. The van der Waals surface area contributed by atoms with Crippen LogP contribution in [0.25, 0.3) is 0 Å². The first-order chi connectivity index (χ1) is 5.54. The molecule has 2 N–H and O–H groups in total. The summed E-state index contributed by atoms with van der Waals surface area (Å²) >= 11 is 7.70. The van der Waals surface area contributed by atoms with Gasteiger partial charge in [0.2, 0.25) is 0 Å². The molecule has 0 saturated heterocycles. The first-order valence-electron chi connectivity index (χ1n) is 2.98. The summed E-state index contributed by atoms with van der Waals surface area (Å²) in [6, 6.07) is 0. The van der Waals surface area contributed by atoms with Gasteiger partial charge in [-0.2, -0.15) is 0 Å². The standard InChI is InChI=1S/C6H9BrN2O2S/c1-9(11-2)6(10)4(3-8)5(7)12/h3H,8H2,1-2H3. The van der Waals surface area contributed by atoms with E-state index in [0.717, 1.165) is 11.3 Å². The van der Waals surface area contributed by atoms with Crippen molar-refractivity contribution in [3.05, 3.63) is 11.8 Å². The van der Waals surface area contributed by atoms with Gasteiger partial charge in [-0.25, -0.2) is 5.06 Å². The van der Waals surface area contributed by atoms with Gasteiger partial charge in [0.05, 0.1) is 16.5 Å². The van der Waals surface area contributed by atoms with Gasteiger partial charge >= 0.3 is 0 Å². The number of nitrogens with zero attached hydrogens (tertiary/aromatic N) is 1. The molecule has 0 bridgehead atoms. The molecule has 0 spiro atoms. The molecule has 0 saturated carbocycles. The molecule has 0 aromatic carbocycles. The first kappa shape index (κ1) is 11.5. The van der Waals surface area contributed by atoms with Crippen LogP contribution in [0, 0.1) is 0 Å². The summed E-state index contributed by atoms with van der Waals surface area (Å²) in [5.74, 6) is -0.387. The highest BCUT2D eigenvalue weighted by Gasteiger charge is 2.16. The summed E-state index contributed by atoms with van der Waals surface area (Å²) in [7, 11) is 2.85. The Morgan fingerprint density at radius 1 is 1.75 bits per heavy atom. The van der Waals surface area contributed by atoms with Crippen LogP contribution in [-0.4, -0.2) is 28.9 Å². The Kier molecular flexibility index (Phi) is 5.03. The maximum Gasteiger partial charge on any atom is 0.280 e. The number of carbonyl (C=O) groups is 1. The van der Waals surface area contributed by atoms with Crippen molar-refractivity contribution in [2.45, 2.75) is 0 Å². The number of halogens is 1. The van der Waals surface area contributed by atoms with E-state index < -0.39 is 0 Å². The number of nitrogens with two attached hydrogens (primary N) is 1. The third-order valence-corrected chi connectivity index (χ3v) is 1.82. The number of likely N-dealkylation sites (N-methyl/N-ethyl adjacent to an activating group) is 1. The number of thiocarbonyl (C=S) groups is 1. The lowest BCUT2D eigenvalue weighted by Crippen LogP contribution is -2.28. The van der Waals surface area contributed by atoms with Gasteiger partial charge in [-0.1, -0.05) is 12.2 Å². The predicted octanol–water partition coefficient (Wildman–Crippen LogP) is 0.571. The second-order valence-electron chi connectivity index (χ2n) is 1.84. The Labute approximate surface area is 84.4 Å². The number of rotatable bonds is 3. The van der Waals surface area contributed by atoms with E-state index >= 15 is 0 Å². The van der Waals surface area contributed by atoms with Crippen LogP contribution < -0.4 is 5.73 Å². The second-order valence-corrected chi connectivity index (χ2v) is 3.57. The SMILES string of the molecule is CON(C)C(=O)C(=CN)C(=S)Br. The minimum atomic E-state index is -0.387. The van der Waals surface area contributed by atoms with Crippen molar-refractivity contribution in [1.29, 1.82) is 0 Å². The molecule has 12 heavy (non-hydrogen) atoms. The first-order valence-corrected chi connectivity index (χ1v) is 4.18. The van der Waals surface area contributed by atoms with Crippen LogP contribution in [0.15, 0.2) is 11.8 Å². The fraction of sp³-hybridized carbons (Fsp3) is 0.333. The van der Waals surface area contributed by atoms with Crippen molar-refractivity contribution in [2.24, 2.45) is 5.73 Å². The van der Waals surface area contributed by atoms with Crippen molar-refractivity contribution in [3.8, 4) is 0 Å². The maximum atomic E-state index is 11.3. The van der Waals surface area contributed by atoms with Gasteiger partial charge < -0.3 is 5.73 Å². The molecule has 0 aliphatic heterocycles. The van der Waals surface area contributed by atoms with Gasteiger partial charge in [-0.3, -0.25) is 9.63 Å². The Morgan fingerprint density at radius 3 is 2.50 bits per heavy atom. The van der Waals surface area contributed by atoms with Gasteiger partial charge in [0.25, 0.3) is 5.91 Å². The summed E-state index contributed by atoms with van der Waals surface area (Å²) in [6.45, 7) is 0. The molecule has 0 fully saturated rings. The highest BCUT2D eigenvalue weighted by molar-refractivity contribution is 9.20. The average Bonchev–Trinajstić information content (AvgIpc) is 2.03. The fourth-order valence-corrected chi connectivity index (χ4v) is 0.931. The smallest absolute Gasteiger partial charge is 0.280 e. The van der Waals surface area contributed by atoms with Crippen LogP contribution in [-0.2, 0) is 9.63 Å². The maximum absolute atomic E-state index is 11.3. The van der Waals surface area contributed by atoms with Crippen molar-refractivity contribution in [1.82, 2.24) is 5.06 Å². The quantitative estimate of drug-likeness (QED) is 0.346. The van der Waals surface area contributed by atoms with Crippen molar-refractivity contribution < 1.29 is 9.63 Å². The normalized spacial score (nSPS) is 11.1. The van der Waals surface area contributed by atoms with E-state index in [9.17, 15) is 4.79 Å². The van der Waals surface area contributed by atoms with E-state index in [-0.39, 0.29) is 15.3 Å². The Hall–Kier alpha value is -0.460. The molecule has 0 aliphatic carbocycles. The predicted molar refractivity (Wildman–Crippen MR) is 53.6 cm³/mol. The number of hydrogen-bond acceptors (Lipinski definition) is 4. The monoisotopic (exact) mass is 252 g/mol. The summed E-state index contributed by atoms with van der Waals surface area (Å²) < 4.78 is 0.263. The lowest BCUT2D eigenvalue weighted by molar-refractivity contribution is -0.163. The van der Waals surface area contributed by atoms with E-state index in [0.29, 0.717) is 0 Å². The Morgan fingerprint density at radius 2 is 2.25 bits per heavy atom. The van der Waals surface area contributed by atoms with Crippen LogP contribution in [0.5, 0.6) is 0 Å². The number of amides is 1. The lowest BCUT2D eigenvalue weighted by atomic mass is 10.3. The van der Waals surface area contributed by atoms with Gasteiger partial charge in [-0.05, 0) is 15.9 Å². The van der Waals surface area contributed by atoms with Crippen molar-refractivity contribution in [2.75, 3.05) is 14.2 Å². The minimum absolute atomic E-state index is 0.203. The van der Waals surface area contributed by atoms with E-state index in [4.69, 9.17) is 18.0 Å². The highest BCUT2D eigenvalue weighted by Crippen LogP contribution is 2.07. The van der Waals surface area contributed by atoms with E-state index in [1.165, 1.54) is 14.2 Å². The van der Waals surface area contributed by atoms with Gasteiger partial charge in [0.1, 0.15) is 0 Å². The summed E-state index contributed by atoms with van der Waals surface area (Å²) in [5, 5.41) is 1.03. The zero-order valence-electron chi connectivity index (χ0n) is 6.70. The van der Waals surface area contributed by atoms with Crippen LogP contribution >= 0.6 is 28.1 Å². The molecular formula is C6H9BrN2O2S. The fourth-order valence-electron chi connectivity index (χ4n) is 0.473. The minimum Gasteiger partial charge on any atom is -0.404 e. The lowest BCUT2D eigenvalue weighted by Gasteiger charge is -2.14. The molecular weight excluding hydrogens is 244 g/mol. The van der Waals surface area contributed by atoms with Crippen LogP contribution in [0.1, 0.15) is 0 Å². The van der Waals surface area contributed by atoms with Crippen LogP contribution in [0.2, 0.25) is 0 Å². The molecule has 0 unspecified atom stereocenters. The van der Waals surface area contributed by atoms with E-state index in [1.807, 2.05) is 0 Å². The Bertz CT molecular complexity index is 230. The van der Waals surface area contributed by atoms with Crippen LogP contribution in [0.4, 0.5) is 0 Å². The summed E-state index contributed by atoms with van der Waals surface area (Å²) in [6.07, 6.45) is 1.13. The number of carbonyl (C=O) groups excluding carboxylic acids is 1. The third-order valence-electron chi connectivity index (χ3n) is 1.17. The van der Waals surface area contributed by atoms with Crippen molar-refractivity contribution >= 4 is 37.8 Å². The zero-order valence-corrected chi connectivity index (χ0v) is 9.11.